The minimum atomic E-state index is -1.27. The molecule has 0 saturated heterocycles. The second-order valence-electron chi connectivity index (χ2n) is 3.10. The van der Waals surface area contributed by atoms with Crippen LogP contribution < -0.4 is 0 Å². The summed E-state index contributed by atoms with van der Waals surface area (Å²) < 4.78 is 0. The Hall–Kier alpha value is -0.410. The molecular formula is C8H16O3. The van der Waals surface area contributed by atoms with Gasteiger partial charge in [-0.2, -0.15) is 0 Å². The number of hydrogen-bond donors (Lipinski definition) is 2. The first-order valence-corrected chi connectivity index (χ1v) is 3.82. The van der Waals surface area contributed by atoms with Crippen molar-refractivity contribution in [2.75, 3.05) is 0 Å². The van der Waals surface area contributed by atoms with Gasteiger partial charge in [0.05, 0.1) is 11.7 Å². The molecule has 0 aromatic rings. The van der Waals surface area contributed by atoms with Crippen LogP contribution in [0, 0.1) is 0 Å². The fraction of sp³-hybridized carbons (Fsp3) is 0.875. The summed E-state index contributed by atoms with van der Waals surface area (Å²) in [7, 11) is 0. The third-order valence-electron chi connectivity index (χ3n) is 1.85. The normalized spacial score (nSPS) is 19.0. The van der Waals surface area contributed by atoms with Crippen LogP contribution in [-0.2, 0) is 4.79 Å². The van der Waals surface area contributed by atoms with Crippen molar-refractivity contribution in [1.82, 2.24) is 0 Å². The Morgan fingerprint density at radius 3 is 2.36 bits per heavy atom. The van der Waals surface area contributed by atoms with Crippen molar-refractivity contribution in [3.63, 3.8) is 0 Å². The summed E-state index contributed by atoms with van der Waals surface area (Å²) >= 11 is 0. The molecule has 3 nitrogen and oxygen atoms in total. The molecule has 0 aliphatic rings. The Morgan fingerprint density at radius 2 is 2.09 bits per heavy atom. The highest BCUT2D eigenvalue weighted by Crippen LogP contribution is 2.15. The van der Waals surface area contributed by atoms with Crippen LogP contribution in [0.25, 0.3) is 0 Å². The zero-order chi connectivity index (χ0) is 9.07. The molecule has 0 spiro atoms. The number of carbonyl (C=O) groups excluding carboxylic acids is 1. The Kier molecular flexibility index (Phi) is 3.69. The SMILES string of the molecule is CCC(=O)CC(C)(O)C(C)O. The van der Waals surface area contributed by atoms with E-state index >= 15 is 0 Å². The summed E-state index contributed by atoms with van der Waals surface area (Å²) in [5, 5.41) is 18.4. The molecule has 66 valence electrons. The lowest BCUT2D eigenvalue weighted by molar-refractivity contribution is -0.128. The largest absolute Gasteiger partial charge is 0.390 e. The van der Waals surface area contributed by atoms with Gasteiger partial charge in [0.25, 0.3) is 0 Å². The number of Topliss-reactive ketones (excluding diaryl/α,β-unsaturated/α-hetero) is 1. The molecule has 0 bridgehead atoms. The van der Waals surface area contributed by atoms with Crippen LogP contribution in [0.5, 0.6) is 0 Å². The molecule has 11 heavy (non-hydrogen) atoms. The van der Waals surface area contributed by atoms with Crippen LogP contribution in [0.4, 0.5) is 0 Å². The third-order valence-corrected chi connectivity index (χ3v) is 1.85. The van der Waals surface area contributed by atoms with Gasteiger partial charge in [-0.25, -0.2) is 0 Å². The molecule has 2 N–H and O–H groups in total. The quantitative estimate of drug-likeness (QED) is 0.629. The molecule has 0 aromatic carbocycles. The van der Waals surface area contributed by atoms with Gasteiger partial charge in [-0.15, -0.1) is 0 Å². The molecule has 0 aromatic heterocycles. The van der Waals surface area contributed by atoms with E-state index in [1.165, 1.54) is 13.8 Å². The lowest BCUT2D eigenvalue weighted by Gasteiger charge is -2.25. The Morgan fingerprint density at radius 1 is 1.64 bits per heavy atom. The van der Waals surface area contributed by atoms with Gasteiger partial charge in [-0.3, -0.25) is 4.79 Å². The van der Waals surface area contributed by atoms with Crippen LogP contribution in [-0.4, -0.2) is 27.7 Å². The summed E-state index contributed by atoms with van der Waals surface area (Å²) in [5.74, 6) is -0.0316. The fourth-order valence-corrected chi connectivity index (χ4v) is 0.672. The van der Waals surface area contributed by atoms with E-state index in [4.69, 9.17) is 5.11 Å². The monoisotopic (exact) mass is 160 g/mol. The molecule has 0 radical (unpaired) electrons. The van der Waals surface area contributed by atoms with Crippen LogP contribution in [0.15, 0.2) is 0 Å². The topological polar surface area (TPSA) is 57.5 Å². The van der Waals surface area contributed by atoms with Gasteiger partial charge >= 0.3 is 0 Å². The van der Waals surface area contributed by atoms with Gasteiger partial charge in [0.2, 0.25) is 0 Å². The van der Waals surface area contributed by atoms with Gasteiger partial charge in [-0.05, 0) is 13.8 Å². The van der Waals surface area contributed by atoms with Crippen molar-refractivity contribution < 1.29 is 15.0 Å². The van der Waals surface area contributed by atoms with Crippen LogP contribution in [0.1, 0.15) is 33.6 Å². The smallest absolute Gasteiger partial charge is 0.135 e. The molecule has 0 aliphatic carbocycles. The van der Waals surface area contributed by atoms with E-state index in [2.05, 4.69) is 0 Å². The maximum Gasteiger partial charge on any atom is 0.135 e. The highest BCUT2D eigenvalue weighted by atomic mass is 16.3. The fourth-order valence-electron chi connectivity index (χ4n) is 0.672. The Bertz CT molecular complexity index is 138. The van der Waals surface area contributed by atoms with Gasteiger partial charge in [0.1, 0.15) is 5.78 Å². The van der Waals surface area contributed by atoms with Crippen molar-refractivity contribution >= 4 is 5.78 Å². The maximum absolute atomic E-state index is 10.9. The molecule has 0 rings (SSSR count). The standard InChI is InChI=1S/C8H16O3/c1-4-7(10)5-8(3,11)6(2)9/h6,9,11H,4-5H2,1-3H3. The number of aliphatic hydroxyl groups excluding tert-OH is 1. The predicted octanol–water partition coefficient (Wildman–Crippen LogP) is 0.487. The number of carbonyl (C=O) groups is 1. The lowest BCUT2D eigenvalue weighted by atomic mass is 9.93. The highest BCUT2D eigenvalue weighted by molar-refractivity contribution is 5.79. The van der Waals surface area contributed by atoms with Crippen molar-refractivity contribution in [2.45, 2.75) is 45.3 Å². The first-order valence-electron chi connectivity index (χ1n) is 3.82. The van der Waals surface area contributed by atoms with Crippen LogP contribution >= 0.6 is 0 Å². The van der Waals surface area contributed by atoms with Gasteiger partial charge in [0.15, 0.2) is 0 Å². The zero-order valence-electron chi connectivity index (χ0n) is 7.29. The molecule has 0 fully saturated rings. The summed E-state index contributed by atoms with van der Waals surface area (Å²) in [6.07, 6.45) is -0.428. The Labute approximate surface area is 67.0 Å². The van der Waals surface area contributed by atoms with Gasteiger partial charge in [-0.1, -0.05) is 6.92 Å². The second-order valence-corrected chi connectivity index (χ2v) is 3.10. The van der Waals surface area contributed by atoms with Crippen molar-refractivity contribution in [3.05, 3.63) is 0 Å². The number of rotatable bonds is 4. The molecule has 0 heterocycles. The maximum atomic E-state index is 10.9. The van der Waals surface area contributed by atoms with Crippen molar-refractivity contribution in [2.24, 2.45) is 0 Å². The van der Waals surface area contributed by atoms with Crippen LogP contribution in [0.2, 0.25) is 0 Å². The van der Waals surface area contributed by atoms with E-state index < -0.39 is 11.7 Å². The van der Waals surface area contributed by atoms with E-state index in [1.54, 1.807) is 6.92 Å². The lowest BCUT2D eigenvalue weighted by Crippen LogP contribution is -2.39. The summed E-state index contributed by atoms with van der Waals surface area (Å²) in [6.45, 7) is 4.68. The van der Waals surface area contributed by atoms with E-state index in [0.717, 1.165) is 0 Å². The molecule has 0 amide bonds. The van der Waals surface area contributed by atoms with Crippen LogP contribution in [0.3, 0.4) is 0 Å². The second kappa shape index (κ2) is 3.83. The predicted molar refractivity (Wildman–Crippen MR) is 42.2 cm³/mol. The molecule has 3 heteroatoms. The average Bonchev–Trinajstić information content (AvgIpc) is 1.86. The molecular weight excluding hydrogens is 144 g/mol. The minimum absolute atomic E-state index is 0.0289. The van der Waals surface area contributed by atoms with Crippen molar-refractivity contribution in [3.8, 4) is 0 Å². The van der Waals surface area contributed by atoms with E-state index in [9.17, 15) is 9.90 Å². The average molecular weight is 160 g/mol. The summed E-state index contributed by atoms with van der Waals surface area (Å²) in [5.41, 5.74) is -1.27. The zero-order valence-corrected chi connectivity index (χ0v) is 7.29. The molecule has 0 saturated carbocycles. The number of hydrogen-bond acceptors (Lipinski definition) is 3. The summed E-state index contributed by atoms with van der Waals surface area (Å²) in [4.78, 5) is 10.9. The molecule has 0 aliphatic heterocycles. The first kappa shape index (κ1) is 10.6. The van der Waals surface area contributed by atoms with E-state index in [0.29, 0.717) is 6.42 Å². The first-order chi connectivity index (χ1) is 4.90. The van der Waals surface area contributed by atoms with Gasteiger partial charge in [0, 0.05) is 12.8 Å². The Balaban J connectivity index is 4.01. The molecule has 2 unspecified atom stereocenters. The minimum Gasteiger partial charge on any atom is -0.390 e. The van der Waals surface area contributed by atoms with Crippen molar-refractivity contribution in [1.29, 1.82) is 0 Å². The number of aliphatic hydroxyl groups is 2. The van der Waals surface area contributed by atoms with E-state index in [-0.39, 0.29) is 12.2 Å². The molecule has 2 atom stereocenters. The highest BCUT2D eigenvalue weighted by Gasteiger charge is 2.28. The number of ketones is 1. The van der Waals surface area contributed by atoms with Gasteiger partial charge < -0.3 is 10.2 Å². The summed E-state index contributed by atoms with van der Waals surface area (Å²) in [6, 6.07) is 0. The third kappa shape index (κ3) is 3.49. The van der Waals surface area contributed by atoms with E-state index in [1.807, 2.05) is 0 Å².